The lowest BCUT2D eigenvalue weighted by atomic mass is 10.3. The van der Waals surface area contributed by atoms with E-state index in [1.54, 1.807) is 6.16 Å². The van der Waals surface area contributed by atoms with Crippen LogP contribution in [-0.2, 0) is 0 Å². The van der Waals surface area contributed by atoms with Gasteiger partial charge in [-0.3, -0.25) is 0 Å². The second-order valence-electron chi connectivity index (χ2n) is 7.15. The summed E-state index contributed by atoms with van der Waals surface area (Å²) in [5.74, 6) is 2.66. The number of hydrogen-bond donors (Lipinski definition) is 0. The zero-order valence-electron chi connectivity index (χ0n) is 13.4. The van der Waals surface area contributed by atoms with E-state index in [2.05, 4.69) is 48.5 Å². The Morgan fingerprint density at radius 3 is 1.29 bits per heavy atom. The average Bonchev–Trinajstić information content (AvgIpc) is 2.11. The van der Waals surface area contributed by atoms with E-state index < -0.39 is 7.26 Å². The largest absolute Gasteiger partial charge is 0.0652 e. The van der Waals surface area contributed by atoms with Crippen molar-refractivity contribution in [3.63, 3.8) is 0 Å². The van der Waals surface area contributed by atoms with E-state index in [4.69, 9.17) is 0 Å². The maximum absolute atomic E-state index is 2.42. The van der Waals surface area contributed by atoms with E-state index in [1.165, 1.54) is 31.3 Å². The molecule has 17 heavy (non-hydrogen) atoms. The van der Waals surface area contributed by atoms with Crippen molar-refractivity contribution in [2.45, 2.75) is 61.3 Å². The minimum absolute atomic E-state index is 0.681. The maximum Gasteiger partial charge on any atom is 0.0617 e. The highest BCUT2D eigenvalue weighted by atomic mass is 31.2. The first kappa shape index (κ1) is 17.4. The van der Waals surface area contributed by atoms with Crippen LogP contribution in [-0.4, -0.2) is 24.6 Å². The summed E-state index contributed by atoms with van der Waals surface area (Å²) in [7, 11) is -0.681. The lowest BCUT2D eigenvalue weighted by Gasteiger charge is -2.32. The van der Waals surface area contributed by atoms with Gasteiger partial charge in [0.1, 0.15) is 0 Å². The van der Waals surface area contributed by atoms with Crippen molar-refractivity contribution in [2.24, 2.45) is 17.8 Å². The van der Waals surface area contributed by atoms with Crippen LogP contribution in [0.5, 0.6) is 0 Å². The maximum atomic E-state index is 2.42. The Morgan fingerprint density at radius 2 is 1.06 bits per heavy atom. The Labute approximate surface area is 111 Å². The van der Waals surface area contributed by atoms with Crippen molar-refractivity contribution in [3.8, 4) is 0 Å². The lowest BCUT2D eigenvalue weighted by Crippen LogP contribution is -2.20. The standard InChI is InChI=1S/C16H36P/c1-8-9-10-17(11-14(2)3,12-15(4)5)13-16(6)7/h14-16H,8-13H2,1-7H3/q+1. The van der Waals surface area contributed by atoms with Gasteiger partial charge in [0.2, 0.25) is 0 Å². The smallest absolute Gasteiger partial charge is 0.0617 e. The van der Waals surface area contributed by atoms with Gasteiger partial charge in [0.25, 0.3) is 0 Å². The summed E-state index contributed by atoms with van der Waals surface area (Å²) >= 11 is 0. The Morgan fingerprint density at radius 1 is 0.706 bits per heavy atom. The lowest BCUT2D eigenvalue weighted by molar-refractivity contribution is 0.679. The van der Waals surface area contributed by atoms with Gasteiger partial charge in [-0.05, 0) is 24.2 Å². The first-order chi connectivity index (χ1) is 7.81. The summed E-state index contributed by atoms with van der Waals surface area (Å²) in [5, 5.41) is 0. The van der Waals surface area contributed by atoms with Gasteiger partial charge < -0.3 is 0 Å². The van der Waals surface area contributed by atoms with Gasteiger partial charge in [-0.25, -0.2) is 0 Å². The van der Waals surface area contributed by atoms with Crippen LogP contribution in [0.1, 0.15) is 61.3 Å². The molecule has 0 rings (SSSR count). The summed E-state index contributed by atoms with van der Waals surface area (Å²) in [5.41, 5.74) is 0. The Kier molecular flexibility index (Phi) is 8.73. The third-order valence-electron chi connectivity index (χ3n) is 3.24. The van der Waals surface area contributed by atoms with Crippen LogP contribution in [0.25, 0.3) is 0 Å². The van der Waals surface area contributed by atoms with E-state index in [-0.39, 0.29) is 0 Å². The number of hydrogen-bond acceptors (Lipinski definition) is 0. The first-order valence-electron chi connectivity index (χ1n) is 7.66. The van der Waals surface area contributed by atoms with Gasteiger partial charge >= 0.3 is 0 Å². The van der Waals surface area contributed by atoms with Crippen LogP contribution in [0.2, 0.25) is 0 Å². The Hall–Kier alpha value is 0.430. The second kappa shape index (κ2) is 8.52. The van der Waals surface area contributed by atoms with Crippen molar-refractivity contribution in [2.75, 3.05) is 24.6 Å². The Balaban J connectivity index is 4.76. The van der Waals surface area contributed by atoms with Crippen molar-refractivity contribution < 1.29 is 0 Å². The predicted octanol–water partition coefficient (Wildman–Crippen LogP) is 5.77. The zero-order chi connectivity index (χ0) is 13.5. The third kappa shape index (κ3) is 8.20. The topological polar surface area (TPSA) is 0 Å². The quantitative estimate of drug-likeness (QED) is 0.461. The molecule has 0 aromatic heterocycles. The molecule has 0 nitrogen and oxygen atoms in total. The number of rotatable bonds is 9. The van der Waals surface area contributed by atoms with Crippen LogP contribution >= 0.6 is 7.26 Å². The second-order valence-corrected chi connectivity index (χ2v) is 11.4. The molecule has 0 N–H and O–H groups in total. The molecule has 1 heteroatoms. The van der Waals surface area contributed by atoms with Crippen molar-refractivity contribution in [1.82, 2.24) is 0 Å². The minimum atomic E-state index is -0.681. The summed E-state index contributed by atoms with van der Waals surface area (Å²) in [6, 6.07) is 0. The first-order valence-corrected chi connectivity index (χ1v) is 10.2. The van der Waals surface area contributed by atoms with Crippen molar-refractivity contribution in [3.05, 3.63) is 0 Å². The minimum Gasteiger partial charge on any atom is -0.0652 e. The van der Waals surface area contributed by atoms with E-state index in [0.717, 1.165) is 17.8 Å². The van der Waals surface area contributed by atoms with Crippen LogP contribution in [0.4, 0.5) is 0 Å². The molecule has 0 aliphatic rings. The van der Waals surface area contributed by atoms with Crippen LogP contribution < -0.4 is 0 Å². The molecule has 0 unspecified atom stereocenters. The van der Waals surface area contributed by atoms with Crippen LogP contribution in [0.3, 0.4) is 0 Å². The molecule has 0 radical (unpaired) electrons. The van der Waals surface area contributed by atoms with Crippen LogP contribution in [0, 0.1) is 17.8 Å². The van der Waals surface area contributed by atoms with Gasteiger partial charge in [-0.1, -0.05) is 54.9 Å². The van der Waals surface area contributed by atoms with Crippen molar-refractivity contribution in [1.29, 1.82) is 0 Å². The molecule has 0 heterocycles. The van der Waals surface area contributed by atoms with Gasteiger partial charge in [-0.15, -0.1) is 0 Å². The fourth-order valence-corrected chi connectivity index (χ4v) is 9.94. The molecule has 0 atom stereocenters. The van der Waals surface area contributed by atoms with E-state index in [0.29, 0.717) is 0 Å². The van der Waals surface area contributed by atoms with Gasteiger partial charge in [0.05, 0.1) is 24.6 Å². The highest BCUT2D eigenvalue weighted by Crippen LogP contribution is 2.62. The summed E-state index contributed by atoms with van der Waals surface area (Å²) in [6.07, 6.45) is 8.98. The molecular weight excluding hydrogens is 223 g/mol. The molecule has 0 aliphatic heterocycles. The molecule has 0 saturated carbocycles. The van der Waals surface area contributed by atoms with E-state index >= 15 is 0 Å². The molecule has 0 amide bonds. The monoisotopic (exact) mass is 259 g/mol. The molecule has 0 aromatic rings. The van der Waals surface area contributed by atoms with E-state index in [1.807, 2.05) is 0 Å². The molecule has 0 saturated heterocycles. The fraction of sp³-hybridized carbons (Fsp3) is 1.00. The summed E-state index contributed by atoms with van der Waals surface area (Å²) in [6.45, 7) is 16.9. The molecular formula is C16H36P+. The SMILES string of the molecule is CCCC[P+](CC(C)C)(CC(C)C)CC(C)C. The molecule has 0 bridgehead atoms. The molecule has 104 valence electrons. The third-order valence-corrected chi connectivity index (χ3v) is 9.02. The highest BCUT2D eigenvalue weighted by Gasteiger charge is 2.38. The van der Waals surface area contributed by atoms with Crippen molar-refractivity contribution >= 4 is 7.26 Å². The Bertz CT molecular complexity index is 155. The fourth-order valence-electron chi connectivity index (χ4n) is 3.31. The number of unbranched alkanes of at least 4 members (excludes halogenated alkanes) is 1. The van der Waals surface area contributed by atoms with Gasteiger partial charge in [0, 0.05) is 7.26 Å². The molecule has 0 aliphatic carbocycles. The average molecular weight is 259 g/mol. The highest BCUT2D eigenvalue weighted by molar-refractivity contribution is 7.75. The summed E-state index contributed by atoms with van der Waals surface area (Å²) in [4.78, 5) is 0. The normalized spacial score (nSPS) is 13.1. The molecule has 0 aromatic carbocycles. The predicted molar refractivity (Wildman–Crippen MR) is 85.8 cm³/mol. The van der Waals surface area contributed by atoms with Gasteiger partial charge in [0.15, 0.2) is 0 Å². The van der Waals surface area contributed by atoms with E-state index in [9.17, 15) is 0 Å². The zero-order valence-corrected chi connectivity index (χ0v) is 14.3. The van der Waals surface area contributed by atoms with Crippen LogP contribution in [0.15, 0.2) is 0 Å². The summed E-state index contributed by atoms with van der Waals surface area (Å²) < 4.78 is 0. The molecule has 0 spiro atoms. The molecule has 0 fully saturated rings. The van der Waals surface area contributed by atoms with Gasteiger partial charge in [-0.2, -0.15) is 0 Å².